The number of hydrogen-bond acceptors (Lipinski definition) is 4. The van der Waals surface area contributed by atoms with Gasteiger partial charge < -0.3 is 14.5 Å². The Kier molecular flexibility index (Phi) is 23.7. The summed E-state index contributed by atoms with van der Waals surface area (Å²) in [7, 11) is -4.65. The third-order valence-electron chi connectivity index (χ3n) is 4.75. The van der Waals surface area contributed by atoms with E-state index in [1.54, 1.807) is 0 Å². The van der Waals surface area contributed by atoms with Crippen molar-refractivity contribution in [1.82, 2.24) is 0 Å². The molecule has 28 heavy (non-hydrogen) atoms. The molecule has 166 valence electrons. The molecule has 0 amide bonds. The van der Waals surface area contributed by atoms with Crippen molar-refractivity contribution in [3.05, 3.63) is 0 Å². The molecule has 0 aromatic heterocycles. The van der Waals surface area contributed by atoms with E-state index in [-0.39, 0.29) is 35.7 Å². The van der Waals surface area contributed by atoms with Crippen LogP contribution in [-0.4, -0.2) is 51.7 Å². The van der Waals surface area contributed by atoms with E-state index < -0.39 is 14.1 Å². The van der Waals surface area contributed by atoms with E-state index >= 15 is 0 Å². The molecule has 0 saturated carbocycles. The van der Waals surface area contributed by atoms with Gasteiger partial charge in [-0.15, -0.1) is 4.67 Å². The van der Waals surface area contributed by atoms with Crippen molar-refractivity contribution in [2.45, 2.75) is 129 Å². The minimum atomic E-state index is -4.65. The third-order valence-corrected chi connectivity index (χ3v) is 5.03. The fraction of sp³-hybridized carbons (Fsp3) is 1.00. The predicted molar refractivity (Wildman–Crippen MR) is 116 cm³/mol. The first-order valence-electron chi connectivity index (χ1n) is 10.9. The van der Waals surface area contributed by atoms with Gasteiger partial charge in [-0.05, 0) is 19.8 Å². The fourth-order valence-electron chi connectivity index (χ4n) is 2.93. The number of hydrogen-bond donors (Lipinski definition) is 2. The second kappa shape index (κ2) is 21.3. The maximum absolute atomic E-state index is 10.8. The Labute approximate surface area is 194 Å². The second-order valence-electron chi connectivity index (χ2n) is 7.48. The van der Waals surface area contributed by atoms with Crippen LogP contribution in [-0.2, 0) is 18.9 Å². The van der Waals surface area contributed by atoms with Crippen LogP contribution in [0.5, 0.6) is 0 Å². The van der Waals surface area contributed by atoms with Crippen molar-refractivity contribution in [3.63, 3.8) is 0 Å². The van der Waals surface area contributed by atoms with Crippen LogP contribution < -0.4 is 0 Å². The van der Waals surface area contributed by atoms with Gasteiger partial charge in [0.05, 0.1) is 6.10 Å². The Bertz CT molecular complexity index is 367. The Hall–Kier alpha value is 1.03. The Balaban J connectivity index is 0. The fourth-order valence-corrected chi connectivity index (χ4v) is 3.14. The molecular weight excluding hydrogens is 390 g/mol. The zero-order valence-corrected chi connectivity index (χ0v) is 18.6. The molecule has 0 saturated heterocycles. The van der Waals surface area contributed by atoms with Gasteiger partial charge in [-0.3, -0.25) is 0 Å². The number of ether oxygens (including phenoxy) is 1. The first-order valence-corrected chi connectivity index (χ1v) is 12.5. The summed E-state index contributed by atoms with van der Waals surface area (Å²) in [6.07, 6.45) is 17.2. The number of rotatable bonds is 20. The first-order chi connectivity index (χ1) is 12.9. The molecule has 2 unspecified atom stereocenters. The molecule has 0 aliphatic heterocycles. The average Bonchev–Trinajstić information content (AvgIpc) is 2.62. The van der Waals surface area contributed by atoms with Crippen LogP contribution >= 0.6 is 7.82 Å². The SMILES string of the molecule is CCCCCCCCCCCCCCCC(OOP(=O)(O)O)OC(C)CC.[NaH]. The monoisotopic (exact) mass is 434 g/mol. The van der Waals surface area contributed by atoms with Crippen LogP contribution in [0.4, 0.5) is 0 Å². The van der Waals surface area contributed by atoms with Crippen LogP contribution in [0.3, 0.4) is 0 Å². The summed E-state index contributed by atoms with van der Waals surface area (Å²) >= 11 is 0. The molecule has 0 aliphatic carbocycles. The number of phosphoric acid groups is 1. The van der Waals surface area contributed by atoms with E-state index in [1.807, 2.05) is 13.8 Å². The first kappa shape index (κ1) is 31.2. The van der Waals surface area contributed by atoms with Gasteiger partial charge in [0, 0.05) is 6.42 Å². The summed E-state index contributed by atoms with van der Waals surface area (Å²) in [5.41, 5.74) is 0. The molecule has 0 fully saturated rings. The van der Waals surface area contributed by atoms with Crippen LogP contribution in [0.25, 0.3) is 0 Å². The Morgan fingerprint density at radius 1 is 0.786 bits per heavy atom. The van der Waals surface area contributed by atoms with Gasteiger partial charge >= 0.3 is 37.4 Å². The molecule has 0 aliphatic rings. The van der Waals surface area contributed by atoms with Gasteiger partial charge in [0.15, 0.2) is 6.29 Å². The Morgan fingerprint density at radius 2 is 1.21 bits per heavy atom. The normalized spacial score (nSPS) is 13.9. The molecular formula is C20H44NaO6P. The van der Waals surface area contributed by atoms with E-state index in [4.69, 9.17) is 19.4 Å². The summed E-state index contributed by atoms with van der Waals surface area (Å²) in [5, 5.41) is 0. The van der Waals surface area contributed by atoms with Crippen molar-refractivity contribution in [2.24, 2.45) is 0 Å². The van der Waals surface area contributed by atoms with E-state index in [1.165, 1.54) is 70.6 Å². The molecule has 0 radical (unpaired) electrons. The standard InChI is InChI=1S/C20H43O6P.Na.H/c1-4-6-7-8-9-10-11-12-13-14-15-16-17-18-20(24-19(3)5-2)25-26-27(21,22)23;;/h19-20H,4-18H2,1-3H3,(H2,21,22,23);;. The van der Waals surface area contributed by atoms with Gasteiger partial charge in [-0.1, -0.05) is 90.9 Å². The quantitative estimate of drug-likeness (QED) is 0.0610. The maximum atomic E-state index is 10.8. The van der Waals surface area contributed by atoms with Gasteiger partial charge in [0.1, 0.15) is 0 Å². The van der Waals surface area contributed by atoms with Crippen molar-refractivity contribution in [2.75, 3.05) is 0 Å². The van der Waals surface area contributed by atoms with Crippen molar-refractivity contribution >= 4 is 37.4 Å². The van der Waals surface area contributed by atoms with E-state index in [0.29, 0.717) is 6.42 Å². The molecule has 6 nitrogen and oxygen atoms in total. The Morgan fingerprint density at radius 3 is 1.61 bits per heavy atom. The predicted octanol–water partition coefficient (Wildman–Crippen LogP) is 6.00. The van der Waals surface area contributed by atoms with Crippen LogP contribution in [0.1, 0.15) is 117 Å². The molecule has 2 N–H and O–H groups in total. The van der Waals surface area contributed by atoms with Crippen LogP contribution in [0, 0.1) is 0 Å². The van der Waals surface area contributed by atoms with Crippen LogP contribution in [0.15, 0.2) is 0 Å². The molecule has 0 aromatic carbocycles. The van der Waals surface area contributed by atoms with Gasteiger partial charge in [-0.2, -0.15) is 4.89 Å². The van der Waals surface area contributed by atoms with E-state index in [0.717, 1.165) is 19.3 Å². The van der Waals surface area contributed by atoms with Crippen molar-refractivity contribution < 1.29 is 28.7 Å². The molecule has 0 spiro atoms. The third kappa shape index (κ3) is 23.3. The van der Waals surface area contributed by atoms with E-state index in [2.05, 4.69) is 11.6 Å². The zero-order valence-electron chi connectivity index (χ0n) is 17.7. The average molecular weight is 435 g/mol. The van der Waals surface area contributed by atoms with Crippen molar-refractivity contribution in [1.29, 1.82) is 0 Å². The molecule has 8 heteroatoms. The second-order valence-corrected chi connectivity index (χ2v) is 8.61. The summed E-state index contributed by atoms with van der Waals surface area (Å²) in [5.74, 6) is 0. The zero-order chi connectivity index (χ0) is 20.4. The van der Waals surface area contributed by atoms with Gasteiger partial charge in [0.25, 0.3) is 0 Å². The molecule has 0 rings (SSSR count). The summed E-state index contributed by atoms with van der Waals surface area (Å²) < 4.78 is 20.5. The van der Waals surface area contributed by atoms with Gasteiger partial charge in [0.2, 0.25) is 0 Å². The number of unbranched alkanes of at least 4 members (excludes halogenated alkanes) is 12. The summed E-state index contributed by atoms with van der Waals surface area (Å²) in [6, 6.07) is 0. The summed E-state index contributed by atoms with van der Waals surface area (Å²) in [4.78, 5) is 22.3. The van der Waals surface area contributed by atoms with Crippen LogP contribution in [0.2, 0.25) is 0 Å². The molecule has 0 aromatic rings. The topological polar surface area (TPSA) is 85.2 Å². The molecule has 2 atom stereocenters. The van der Waals surface area contributed by atoms with Crippen molar-refractivity contribution in [3.8, 4) is 0 Å². The summed E-state index contributed by atoms with van der Waals surface area (Å²) in [6.45, 7) is 6.14. The molecule has 0 bridgehead atoms. The molecule has 0 heterocycles. The minimum absolute atomic E-state index is 0. The van der Waals surface area contributed by atoms with Gasteiger partial charge in [-0.25, -0.2) is 4.57 Å². The van der Waals surface area contributed by atoms with E-state index in [9.17, 15) is 4.57 Å².